The molecule has 0 aliphatic rings. The van der Waals surface area contributed by atoms with Crippen LogP contribution in [-0.2, 0) is 0 Å². The predicted octanol–water partition coefficient (Wildman–Crippen LogP) is 27.8. The highest BCUT2D eigenvalue weighted by atomic mass is 14.9. The van der Waals surface area contributed by atoms with Crippen LogP contribution in [0, 0.1) is 0 Å². The van der Waals surface area contributed by atoms with Gasteiger partial charge in [-0.3, -0.25) is 9.97 Å². The summed E-state index contributed by atoms with van der Waals surface area (Å²) in [4.78, 5) is 30.0. The molecule has 0 N–H and O–H groups in total. The first-order valence-electron chi connectivity index (χ1n) is 37.9. The maximum atomic E-state index is 5.26. The van der Waals surface area contributed by atoms with Crippen LogP contribution in [0.25, 0.3) is 210 Å². The van der Waals surface area contributed by atoms with E-state index in [2.05, 4.69) is 398 Å². The molecule has 21 aromatic rings. The van der Waals surface area contributed by atoms with E-state index < -0.39 is 0 Å². The van der Waals surface area contributed by atoms with Gasteiger partial charge in [0, 0.05) is 80.1 Å². The minimum Gasteiger partial charge on any atom is -0.263 e. The van der Waals surface area contributed by atoms with Crippen LogP contribution in [0.2, 0.25) is 0 Å². The third-order valence-corrected chi connectivity index (χ3v) is 21.7. The lowest BCUT2D eigenvalue weighted by atomic mass is 9.92. The van der Waals surface area contributed by atoms with Crippen molar-refractivity contribution >= 4 is 75.4 Å². The van der Waals surface area contributed by atoms with Crippen LogP contribution in [0.5, 0.6) is 0 Å². The van der Waals surface area contributed by atoms with Gasteiger partial charge < -0.3 is 0 Å². The monoisotopic (exact) mass is 1420 g/mol. The average molecular weight is 1430 g/mol. The summed E-state index contributed by atoms with van der Waals surface area (Å²) in [6.07, 6.45) is 7.73. The molecule has 4 heterocycles. The molecular formula is C106H68N6. The Kier molecular flexibility index (Phi) is 17.2. The highest BCUT2D eigenvalue weighted by Gasteiger charge is 2.18. The zero-order valence-corrected chi connectivity index (χ0v) is 60.9. The van der Waals surface area contributed by atoms with Gasteiger partial charge in [0.1, 0.15) is 0 Å². The van der Waals surface area contributed by atoms with E-state index in [9.17, 15) is 0 Å². The largest absolute Gasteiger partial charge is 0.263 e. The molecule has 4 aromatic heterocycles. The summed E-state index contributed by atoms with van der Waals surface area (Å²) in [6, 6.07) is 138. The Balaban J connectivity index is 0.000000146. The van der Waals surface area contributed by atoms with E-state index in [1.807, 2.05) is 24.8 Å². The molecule has 0 radical (unpaired) electrons. The molecule has 522 valence electrons. The minimum absolute atomic E-state index is 0.682. The number of aromatic nitrogens is 6. The van der Waals surface area contributed by atoms with E-state index in [1.54, 1.807) is 0 Å². The Labute approximate surface area is 648 Å². The minimum atomic E-state index is 0.682. The molecule has 6 heteroatoms. The molecule has 0 bridgehead atoms. The van der Waals surface area contributed by atoms with Crippen molar-refractivity contribution in [1.29, 1.82) is 0 Å². The van der Waals surface area contributed by atoms with Gasteiger partial charge in [-0.05, 0) is 169 Å². The first-order valence-corrected chi connectivity index (χ1v) is 37.9. The van der Waals surface area contributed by atoms with Crippen LogP contribution in [-0.4, -0.2) is 29.9 Å². The number of benzene rings is 17. The Morgan fingerprint density at radius 1 is 0.134 bits per heavy atom. The molecular weight excluding hydrogens is 1360 g/mol. The Morgan fingerprint density at radius 2 is 0.420 bits per heavy atom. The fraction of sp³-hybridized carbons (Fsp3) is 0. The quantitative estimate of drug-likeness (QED) is 0.113. The zero-order valence-electron chi connectivity index (χ0n) is 60.9. The molecule has 0 saturated carbocycles. The lowest BCUT2D eigenvalue weighted by molar-refractivity contribution is 1.18. The molecule has 0 aliphatic carbocycles. The van der Waals surface area contributed by atoms with Crippen LogP contribution >= 0.6 is 0 Å². The van der Waals surface area contributed by atoms with Gasteiger partial charge in [0.2, 0.25) is 0 Å². The van der Waals surface area contributed by atoms with E-state index in [4.69, 9.17) is 19.9 Å². The van der Waals surface area contributed by atoms with Crippen molar-refractivity contribution in [2.75, 3.05) is 0 Å². The standard InChI is InChI=1S/C55H35N3.C51H33N3/c1-2-11-41-30-43(29-20-36(41)10-1)42-14-9-15-45(31-42)55-57-53(33-54(58-55)40-27-23-38(24-28-40)52-35-56-34-46-13-4-6-17-48(46)52)39-25-21-37(22-26-39)51-32-44-12-3-5-16-47(44)49-18-7-8-19-50(49)51;1-3-10-40-28-43(26-18-34(40)8-1)36-16-22-38(23-17-36)49-31-50(39-24-20-37(21-25-39)48-33-52-32-46-12-5-6-15-47(46)48)54-51(53-49)45-14-7-13-42(30-45)44-27-19-35-9-2-4-11-41(35)29-44/h1-35H;1-33H. The maximum absolute atomic E-state index is 5.26. The van der Waals surface area contributed by atoms with Crippen LogP contribution in [0.1, 0.15) is 0 Å². The highest BCUT2D eigenvalue weighted by molar-refractivity contribution is 6.14. The van der Waals surface area contributed by atoms with E-state index in [-0.39, 0.29) is 0 Å². The Hall–Kier alpha value is -15.0. The van der Waals surface area contributed by atoms with Crippen molar-refractivity contribution in [2.45, 2.75) is 0 Å². The van der Waals surface area contributed by atoms with Crippen molar-refractivity contribution in [3.8, 4) is 135 Å². The molecule has 0 amide bonds. The summed E-state index contributed by atoms with van der Waals surface area (Å²) in [5.74, 6) is 1.37. The third-order valence-electron chi connectivity index (χ3n) is 21.7. The molecule has 21 rings (SSSR count). The van der Waals surface area contributed by atoms with E-state index in [0.717, 1.165) is 111 Å². The van der Waals surface area contributed by atoms with E-state index in [0.29, 0.717) is 11.6 Å². The van der Waals surface area contributed by atoms with Gasteiger partial charge in [-0.15, -0.1) is 0 Å². The second-order valence-corrected chi connectivity index (χ2v) is 28.6. The van der Waals surface area contributed by atoms with Crippen molar-refractivity contribution in [3.63, 3.8) is 0 Å². The molecule has 0 fully saturated rings. The SMILES string of the molecule is c1cc(-c2ccc3ccccc3c2)cc(-c2nc(-c3ccc(-c4ccc5ccccc5c4)cc3)cc(-c3ccc(-c4cncc5ccccc45)cc3)n2)c1.c1cc(-c2ccc3ccccc3c2)cc(-c2nc(-c3ccc(-c4cncc5ccccc45)cc3)cc(-c3ccc(-c4cc5ccccc5c5ccccc45)cc3)n2)c1. The summed E-state index contributed by atoms with van der Waals surface area (Å²) in [5, 5.41) is 17.0. The number of hydrogen-bond donors (Lipinski definition) is 0. The van der Waals surface area contributed by atoms with Crippen molar-refractivity contribution in [3.05, 3.63) is 413 Å². The molecule has 0 unspecified atom stereocenters. The van der Waals surface area contributed by atoms with Crippen LogP contribution in [0.4, 0.5) is 0 Å². The molecule has 6 nitrogen and oxygen atoms in total. The molecule has 0 saturated heterocycles. The van der Waals surface area contributed by atoms with Gasteiger partial charge in [-0.2, -0.15) is 0 Å². The molecule has 17 aromatic carbocycles. The fourth-order valence-corrected chi connectivity index (χ4v) is 15.8. The second kappa shape index (κ2) is 29.0. The van der Waals surface area contributed by atoms with Gasteiger partial charge in [-0.25, -0.2) is 19.9 Å². The number of rotatable bonds is 12. The third kappa shape index (κ3) is 13.1. The van der Waals surface area contributed by atoms with Gasteiger partial charge in [-0.1, -0.05) is 340 Å². The normalized spacial score (nSPS) is 11.4. The average Bonchev–Trinajstić information content (AvgIpc) is 0.757. The van der Waals surface area contributed by atoms with E-state index >= 15 is 0 Å². The van der Waals surface area contributed by atoms with Crippen molar-refractivity contribution in [1.82, 2.24) is 29.9 Å². The number of hydrogen-bond acceptors (Lipinski definition) is 6. The van der Waals surface area contributed by atoms with Crippen LogP contribution in [0.3, 0.4) is 0 Å². The topological polar surface area (TPSA) is 77.3 Å². The number of nitrogens with zero attached hydrogens (tertiary/aromatic N) is 6. The molecule has 112 heavy (non-hydrogen) atoms. The second-order valence-electron chi connectivity index (χ2n) is 28.6. The molecule has 0 aliphatic heterocycles. The molecule has 0 spiro atoms. The van der Waals surface area contributed by atoms with E-state index in [1.165, 1.54) is 86.9 Å². The van der Waals surface area contributed by atoms with Gasteiger partial charge >= 0.3 is 0 Å². The number of pyridine rings is 2. The summed E-state index contributed by atoms with van der Waals surface area (Å²) in [7, 11) is 0. The fourth-order valence-electron chi connectivity index (χ4n) is 15.8. The summed E-state index contributed by atoms with van der Waals surface area (Å²) < 4.78 is 0. The first-order chi connectivity index (χ1) is 55.4. The summed E-state index contributed by atoms with van der Waals surface area (Å²) in [6.45, 7) is 0. The predicted molar refractivity (Wildman–Crippen MR) is 467 cm³/mol. The summed E-state index contributed by atoms with van der Waals surface area (Å²) >= 11 is 0. The maximum Gasteiger partial charge on any atom is 0.160 e. The van der Waals surface area contributed by atoms with Gasteiger partial charge in [0.05, 0.1) is 22.8 Å². The Bertz CT molecular complexity index is 7160. The number of fused-ring (bicyclic) bond motifs is 8. The Morgan fingerprint density at radius 3 is 0.830 bits per heavy atom. The van der Waals surface area contributed by atoms with Crippen LogP contribution in [0.15, 0.2) is 413 Å². The lowest BCUT2D eigenvalue weighted by Crippen LogP contribution is -1.96. The first kappa shape index (κ1) is 66.5. The van der Waals surface area contributed by atoms with Gasteiger partial charge in [0.25, 0.3) is 0 Å². The van der Waals surface area contributed by atoms with Crippen molar-refractivity contribution < 1.29 is 0 Å². The molecule has 0 atom stereocenters. The highest BCUT2D eigenvalue weighted by Crippen LogP contribution is 2.40. The lowest BCUT2D eigenvalue weighted by Gasteiger charge is -2.13. The zero-order chi connectivity index (χ0) is 74.3. The van der Waals surface area contributed by atoms with Crippen LogP contribution < -0.4 is 0 Å². The summed E-state index contributed by atoms with van der Waals surface area (Å²) in [5.41, 5.74) is 23.3. The van der Waals surface area contributed by atoms with Crippen molar-refractivity contribution in [2.24, 2.45) is 0 Å². The van der Waals surface area contributed by atoms with Gasteiger partial charge in [0.15, 0.2) is 11.6 Å². The smallest absolute Gasteiger partial charge is 0.160 e.